The van der Waals surface area contributed by atoms with Crippen molar-refractivity contribution < 1.29 is 19.1 Å². The number of piperidine rings is 1. The van der Waals surface area contributed by atoms with Crippen LogP contribution in [0.3, 0.4) is 0 Å². The summed E-state index contributed by atoms with van der Waals surface area (Å²) >= 11 is 0. The Bertz CT molecular complexity index is 527. The van der Waals surface area contributed by atoms with Crippen LogP contribution in [0.1, 0.15) is 12.8 Å². The fourth-order valence-electron chi connectivity index (χ4n) is 2.53. The van der Waals surface area contributed by atoms with Gasteiger partial charge in [-0.05, 0) is 25.0 Å². The van der Waals surface area contributed by atoms with Crippen LogP contribution in [0.4, 0.5) is 10.1 Å². The van der Waals surface area contributed by atoms with Gasteiger partial charge in [0, 0.05) is 20.1 Å². The molecule has 0 aliphatic carbocycles. The van der Waals surface area contributed by atoms with Gasteiger partial charge in [-0.15, -0.1) is 0 Å². The molecule has 0 aromatic heterocycles. The van der Waals surface area contributed by atoms with Crippen molar-refractivity contribution in [1.82, 2.24) is 4.90 Å². The van der Waals surface area contributed by atoms with Gasteiger partial charge in [0.1, 0.15) is 5.82 Å². The summed E-state index contributed by atoms with van der Waals surface area (Å²) < 4.78 is 13.6. The first kappa shape index (κ1) is 15.3. The number of hydrogen-bond donors (Lipinski definition) is 1. The van der Waals surface area contributed by atoms with E-state index in [0.29, 0.717) is 31.6 Å². The van der Waals surface area contributed by atoms with Crippen molar-refractivity contribution in [3.63, 3.8) is 0 Å². The monoisotopic (exact) mass is 294 g/mol. The van der Waals surface area contributed by atoms with Crippen LogP contribution in [0.2, 0.25) is 0 Å². The Balaban J connectivity index is 1.90. The second-order valence-electron chi connectivity index (χ2n) is 5.30. The van der Waals surface area contributed by atoms with Crippen LogP contribution < -0.4 is 4.90 Å². The predicted molar refractivity (Wildman–Crippen MR) is 76.6 cm³/mol. The van der Waals surface area contributed by atoms with Crippen molar-refractivity contribution in [2.24, 2.45) is 5.92 Å². The van der Waals surface area contributed by atoms with Gasteiger partial charge in [0.25, 0.3) is 0 Å². The second-order valence-corrected chi connectivity index (χ2v) is 5.30. The smallest absolute Gasteiger partial charge is 0.306 e. The van der Waals surface area contributed by atoms with Gasteiger partial charge in [0.2, 0.25) is 5.91 Å². The van der Waals surface area contributed by atoms with Crippen molar-refractivity contribution in [1.29, 1.82) is 0 Å². The van der Waals surface area contributed by atoms with Gasteiger partial charge < -0.3 is 14.9 Å². The molecule has 1 aliphatic rings. The molecule has 0 radical (unpaired) electrons. The topological polar surface area (TPSA) is 60.9 Å². The lowest BCUT2D eigenvalue weighted by atomic mass is 9.97. The zero-order chi connectivity index (χ0) is 15.4. The summed E-state index contributed by atoms with van der Waals surface area (Å²) in [4.78, 5) is 26.3. The number of aliphatic carboxylic acids is 1. The van der Waals surface area contributed by atoms with Gasteiger partial charge >= 0.3 is 5.97 Å². The Labute approximate surface area is 123 Å². The number of anilines is 1. The number of hydrogen-bond acceptors (Lipinski definition) is 3. The first-order valence-corrected chi connectivity index (χ1v) is 6.95. The van der Waals surface area contributed by atoms with Crippen LogP contribution >= 0.6 is 0 Å². The lowest BCUT2D eigenvalue weighted by Crippen LogP contribution is -2.44. The molecule has 21 heavy (non-hydrogen) atoms. The van der Waals surface area contributed by atoms with Gasteiger partial charge in [0.05, 0.1) is 18.2 Å². The van der Waals surface area contributed by atoms with E-state index in [4.69, 9.17) is 5.11 Å². The Kier molecular flexibility index (Phi) is 4.77. The van der Waals surface area contributed by atoms with Crippen LogP contribution in [-0.4, -0.2) is 48.6 Å². The maximum Gasteiger partial charge on any atom is 0.306 e. The molecule has 1 heterocycles. The zero-order valence-corrected chi connectivity index (χ0v) is 12.0. The Morgan fingerprint density at radius 3 is 2.52 bits per heavy atom. The van der Waals surface area contributed by atoms with Gasteiger partial charge in [-0.1, -0.05) is 12.1 Å². The Hall–Kier alpha value is -2.11. The lowest BCUT2D eigenvalue weighted by molar-refractivity contribution is -0.145. The van der Waals surface area contributed by atoms with Gasteiger partial charge in [-0.2, -0.15) is 0 Å². The summed E-state index contributed by atoms with van der Waals surface area (Å²) in [6.07, 6.45) is 0.953. The molecule has 0 unspecified atom stereocenters. The first-order chi connectivity index (χ1) is 9.99. The number of carboxylic acid groups (broad SMARTS) is 1. The molecule has 0 spiro atoms. The Morgan fingerprint density at radius 2 is 1.95 bits per heavy atom. The fourth-order valence-corrected chi connectivity index (χ4v) is 2.53. The highest BCUT2D eigenvalue weighted by Gasteiger charge is 2.27. The van der Waals surface area contributed by atoms with Crippen LogP contribution in [0.15, 0.2) is 24.3 Å². The highest BCUT2D eigenvalue weighted by atomic mass is 19.1. The number of rotatable bonds is 4. The largest absolute Gasteiger partial charge is 0.481 e. The molecule has 0 bridgehead atoms. The van der Waals surface area contributed by atoms with Crippen molar-refractivity contribution in [2.45, 2.75) is 12.8 Å². The third kappa shape index (κ3) is 3.71. The number of likely N-dealkylation sites (tertiary alicyclic amines) is 1. The SMILES string of the molecule is CN(CC(=O)N1CCC(C(=O)O)CC1)c1ccccc1F. The van der Waals surface area contributed by atoms with Crippen LogP contribution in [0.25, 0.3) is 0 Å². The van der Waals surface area contributed by atoms with Gasteiger partial charge in [0.15, 0.2) is 0 Å². The minimum absolute atomic E-state index is 0.0820. The summed E-state index contributed by atoms with van der Waals surface area (Å²) in [7, 11) is 1.67. The highest BCUT2D eigenvalue weighted by Crippen LogP contribution is 2.19. The molecule has 0 saturated carbocycles. The number of para-hydroxylation sites is 1. The van der Waals surface area contributed by atoms with Crippen molar-refractivity contribution in [3.05, 3.63) is 30.1 Å². The molecule has 6 heteroatoms. The quantitative estimate of drug-likeness (QED) is 0.916. The van der Waals surface area contributed by atoms with Gasteiger partial charge in [-0.3, -0.25) is 9.59 Å². The average Bonchev–Trinajstić information content (AvgIpc) is 2.47. The van der Waals surface area contributed by atoms with Crippen molar-refractivity contribution in [2.75, 3.05) is 31.6 Å². The minimum atomic E-state index is -0.800. The number of amides is 1. The molecule has 1 aromatic carbocycles. The van der Waals surface area contributed by atoms with Crippen LogP contribution in [0.5, 0.6) is 0 Å². The van der Waals surface area contributed by atoms with E-state index in [9.17, 15) is 14.0 Å². The molecule has 2 rings (SSSR count). The summed E-state index contributed by atoms with van der Waals surface area (Å²) in [5.74, 6) is -1.63. The molecule has 5 nitrogen and oxygen atoms in total. The van der Waals surface area contributed by atoms with Crippen molar-refractivity contribution in [3.8, 4) is 0 Å². The summed E-state index contributed by atoms with van der Waals surface area (Å²) in [5.41, 5.74) is 0.381. The molecule has 0 atom stereocenters. The number of likely N-dealkylation sites (N-methyl/N-ethyl adjacent to an activating group) is 1. The molecule has 1 aliphatic heterocycles. The first-order valence-electron chi connectivity index (χ1n) is 6.95. The average molecular weight is 294 g/mol. The van der Waals surface area contributed by atoms with E-state index >= 15 is 0 Å². The summed E-state index contributed by atoms with van der Waals surface area (Å²) in [6.45, 7) is 0.973. The third-order valence-electron chi connectivity index (χ3n) is 3.83. The zero-order valence-electron chi connectivity index (χ0n) is 12.0. The molecular formula is C15H19FN2O3. The molecular weight excluding hydrogens is 275 g/mol. The minimum Gasteiger partial charge on any atom is -0.481 e. The summed E-state index contributed by atoms with van der Waals surface area (Å²) in [6, 6.07) is 6.30. The Morgan fingerprint density at radius 1 is 1.33 bits per heavy atom. The van der Waals surface area contributed by atoms with E-state index < -0.39 is 5.97 Å². The van der Waals surface area contributed by atoms with E-state index in [1.807, 2.05) is 0 Å². The molecule has 1 N–H and O–H groups in total. The molecule has 1 saturated heterocycles. The number of carbonyl (C=O) groups excluding carboxylic acids is 1. The normalized spacial score (nSPS) is 15.8. The second kappa shape index (κ2) is 6.56. The van der Waals surface area contributed by atoms with E-state index in [1.165, 1.54) is 6.07 Å². The third-order valence-corrected chi connectivity index (χ3v) is 3.83. The maximum absolute atomic E-state index is 13.6. The molecule has 1 fully saturated rings. The van der Waals surface area contributed by atoms with E-state index in [1.54, 1.807) is 35.0 Å². The standard InChI is InChI=1S/C15H19FN2O3/c1-17(13-5-3-2-4-12(13)16)10-14(19)18-8-6-11(7-9-18)15(20)21/h2-5,11H,6-10H2,1H3,(H,20,21). The van der Waals surface area contributed by atoms with E-state index in [0.717, 1.165) is 0 Å². The highest BCUT2D eigenvalue weighted by molar-refractivity contribution is 5.81. The fraction of sp³-hybridized carbons (Fsp3) is 0.467. The lowest BCUT2D eigenvalue weighted by Gasteiger charge is -2.31. The van der Waals surface area contributed by atoms with E-state index in [2.05, 4.69) is 0 Å². The molecule has 1 aromatic rings. The number of carboxylic acids is 1. The number of benzene rings is 1. The molecule has 114 valence electrons. The number of halogens is 1. The van der Waals surface area contributed by atoms with Crippen LogP contribution in [-0.2, 0) is 9.59 Å². The maximum atomic E-state index is 13.6. The van der Waals surface area contributed by atoms with E-state index in [-0.39, 0.29) is 24.2 Å². The summed E-state index contributed by atoms with van der Waals surface area (Å²) in [5, 5.41) is 8.93. The van der Waals surface area contributed by atoms with Gasteiger partial charge in [-0.25, -0.2) is 4.39 Å². The number of carbonyl (C=O) groups is 2. The van der Waals surface area contributed by atoms with Crippen LogP contribution in [0, 0.1) is 11.7 Å². The van der Waals surface area contributed by atoms with Crippen molar-refractivity contribution >= 4 is 17.6 Å². The molecule has 1 amide bonds. The number of nitrogens with zero attached hydrogens (tertiary/aromatic N) is 2. The predicted octanol–water partition coefficient (Wildman–Crippen LogP) is 1.59.